The van der Waals surface area contributed by atoms with Crippen LogP contribution in [0.15, 0.2) is 24.3 Å². The molecule has 9 atom stereocenters. The number of amides is 1. The lowest BCUT2D eigenvalue weighted by Gasteiger charge is -2.40. The number of aliphatic hydroxyl groups is 7. The normalized spacial score (nSPS) is 20.5. The molecule has 0 aromatic carbocycles. The average Bonchev–Trinajstić information content (AvgIpc) is 3.35. The fourth-order valence-electron chi connectivity index (χ4n) is 9.44. The molecule has 0 spiro atoms. The molecule has 0 radical (unpaired) electrons. The van der Waals surface area contributed by atoms with Crippen molar-refractivity contribution < 1.29 is 50.0 Å². The Morgan fingerprint density at radius 3 is 1.25 bits per heavy atom. The number of carbonyl (C=O) groups excluding carboxylic acids is 1. The van der Waals surface area contributed by atoms with Crippen LogP contribution in [0.5, 0.6) is 0 Å². The van der Waals surface area contributed by atoms with Gasteiger partial charge in [-0.2, -0.15) is 0 Å². The number of hydrogen-bond donors (Lipinski definition) is 8. The third-order valence-electron chi connectivity index (χ3n) is 14.2. The van der Waals surface area contributed by atoms with E-state index in [9.17, 15) is 40.5 Å². The topological polar surface area (TPSA) is 189 Å². The van der Waals surface area contributed by atoms with Crippen LogP contribution in [0, 0.1) is 0 Å². The monoisotopic (exact) mass is 982 g/mol. The Hall–Kier alpha value is -1.41. The summed E-state index contributed by atoms with van der Waals surface area (Å²) < 4.78 is 11.1. The van der Waals surface area contributed by atoms with E-state index >= 15 is 0 Å². The predicted octanol–water partition coefficient (Wildman–Crippen LogP) is 12.1. The maximum atomic E-state index is 13.1. The van der Waals surface area contributed by atoms with Crippen LogP contribution < -0.4 is 5.32 Å². The zero-order valence-electron chi connectivity index (χ0n) is 44.6. The molecule has 0 bridgehead atoms. The van der Waals surface area contributed by atoms with E-state index in [0.717, 1.165) is 38.5 Å². The Morgan fingerprint density at radius 1 is 0.493 bits per heavy atom. The molecule has 0 aromatic rings. The van der Waals surface area contributed by atoms with Gasteiger partial charge in [-0.1, -0.05) is 231 Å². The van der Waals surface area contributed by atoms with Gasteiger partial charge in [-0.25, -0.2) is 0 Å². The highest BCUT2D eigenvalue weighted by molar-refractivity contribution is 5.80. The van der Waals surface area contributed by atoms with Gasteiger partial charge in [0.25, 0.3) is 0 Å². The fourth-order valence-corrected chi connectivity index (χ4v) is 9.44. The zero-order valence-corrected chi connectivity index (χ0v) is 44.6. The molecule has 11 heteroatoms. The molecule has 1 heterocycles. The zero-order chi connectivity index (χ0) is 50.4. The molecule has 1 rings (SSSR count). The molecule has 9 unspecified atom stereocenters. The van der Waals surface area contributed by atoms with Gasteiger partial charge in [0.1, 0.15) is 36.6 Å². The van der Waals surface area contributed by atoms with Crippen LogP contribution >= 0.6 is 0 Å². The number of ether oxygens (including phenoxy) is 2. The Bertz CT molecular complexity index is 1170. The summed E-state index contributed by atoms with van der Waals surface area (Å²) in [5.41, 5.74) is 0. The minimum atomic E-state index is -1.67. The summed E-state index contributed by atoms with van der Waals surface area (Å²) >= 11 is 0. The molecule has 0 aromatic heterocycles. The number of rotatable bonds is 50. The minimum Gasteiger partial charge on any atom is -0.394 e. The van der Waals surface area contributed by atoms with Crippen LogP contribution in [0.25, 0.3) is 0 Å². The Morgan fingerprint density at radius 2 is 0.855 bits per heavy atom. The summed E-state index contributed by atoms with van der Waals surface area (Å²) in [7, 11) is 0. The van der Waals surface area contributed by atoms with Gasteiger partial charge in [0, 0.05) is 0 Å². The Labute approximate surface area is 423 Å². The van der Waals surface area contributed by atoms with Crippen molar-refractivity contribution in [1.82, 2.24) is 5.32 Å². The summed E-state index contributed by atoms with van der Waals surface area (Å²) in [5.74, 6) is -0.704. The van der Waals surface area contributed by atoms with E-state index in [1.807, 2.05) is 0 Å². The number of allylic oxidation sites excluding steroid dienone is 4. The third kappa shape index (κ3) is 36.2. The van der Waals surface area contributed by atoms with Crippen molar-refractivity contribution in [1.29, 1.82) is 0 Å². The first-order chi connectivity index (χ1) is 33.7. The van der Waals surface area contributed by atoms with Crippen molar-refractivity contribution in [3.63, 3.8) is 0 Å². The molecule has 11 nitrogen and oxygen atoms in total. The van der Waals surface area contributed by atoms with Crippen molar-refractivity contribution in [3.05, 3.63) is 24.3 Å². The molecule has 8 N–H and O–H groups in total. The van der Waals surface area contributed by atoms with E-state index in [0.29, 0.717) is 12.8 Å². The van der Waals surface area contributed by atoms with E-state index in [1.54, 1.807) is 0 Å². The van der Waals surface area contributed by atoms with E-state index < -0.39 is 74.2 Å². The van der Waals surface area contributed by atoms with Crippen molar-refractivity contribution in [2.75, 3.05) is 13.2 Å². The Balaban J connectivity index is 2.21. The second-order valence-corrected chi connectivity index (χ2v) is 20.7. The molecular formula is C58H111NO10. The molecule has 1 fully saturated rings. The minimum absolute atomic E-state index is 0.256. The van der Waals surface area contributed by atoms with Gasteiger partial charge in [0.2, 0.25) is 5.91 Å². The van der Waals surface area contributed by atoms with Crippen LogP contribution in [0.4, 0.5) is 0 Å². The van der Waals surface area contributed by atoms with Crippen molar-refractivity contribution in [2.24, 2.45) is 0 Å². The second kappa shape index (κ2) is 47.6. The summed E-state index contributed by atoms with van der Waals surface area (Å²) in [6.07, 6.45) is 45.5. The number of unbranched alkanes of at least 4 members (excludes halogenated alkanes) is 34. The molecule has 408 valence electrons. The van der Waals surface area contributed by atoms with Crippen LogP contribution in [0.3, 0.4) is 0 Å². The average molecular weight is 983 g/mol. The second-order valence-electron chi connectivity index (χ2n) is 20.7. The van der Waals surface area contributed by atoms with Crippen LogP contribution in [-0.4, -0.2) is 110 Å². The number of hydrogen-bond acceptors (Lipinski definition) is 10. The highest BCUT2D eigenvalue weighted by Crippen LogP contribution is 2.23. The molecule has 1 aliphatic rings. The first kappa shape index (κ1) is 65.6. The van der Waals surface area contributed by atoms with Crippen LogP contribution in [0.1, 0.15) is 271 Å². The molecule has 0 aliphatic carbocycles. The number of aliphatic hydroxyl groups excluding tert-OH is 7. The fraction of sp³-hybridized carbons (Fsp3) is 0.914. The lowest BCUT2D eigenvalue weighted by molar-refractivity contribution is -0.303. The number of carbonyl (C=O) groups is 1. The van der Waals surface area contributed by atoms with Gasteiger partial charge in [0.15, 0.2) is 6.29 Å². The van der Waals surface area contributed by atoms with Crippen molar-refractivity contribution in [3.8, 4) is 0 Å². The molecular weight excluding hydrogens is 871 g/mol. The smallest absolute Gasteiger partial charge is 0.249 e. The lowest BCUT2D eigenvalue weighted by atomic mass is 9.98. The van der Waals surface area contributed by atoms with Gasteiger partial charge in [-0.05, 0) is 64.2 Å². The van der Waals surface area contributed by atoms with Crippen molar-refractivity contribution >= 4 is 5.91 Å². The van der Waals surface area contributed by atoms with E-state index in [-0.39, 0.29) is 12.8 Å². The summed E-state index contributed by atoms with van der Waals surface area (Å²) in [6, 6.07) is -1.18. The maximum Gasteiger partial charge on any atom is 0.249 e. The summed E-state index contributed by atoms with van der Waals surface area (Å²) in [4.78, 5) is 13.1. The SMILES string of the molecule is CCCCCCCCC/C=C/CCCC(O)C(O)C(COC1OC(CO)C(O)C(O)C1O)NC(=O)C(O)CCCCCCCCCCCCCCCC/C=C\CCCCCCCCCCCCCC. The quantitative estimate of drug-likeness (QED) is 0.0215. The van der Waals surface area contributed by atoms with Crippen LogP contribution in [-0.2, 0) is 14.3 Å². The highest BCUT2D eigenvalue weighted by Gasteiger charge is 2.44. The Kier molecular flexibility index (Phi) is 45.2. The van der Waals surface area contributed by atoms with Gasteiger partial charge in [-0.15, -0.1) is 0 Å². The van der Waals surface area contributed by atoms with Crippen molar-refractivity contribution in [2.45, 2.75) is 326 Å². The highest BCUT2D eigenvalue weighted by atomic mass is 16.7. The van der Waals surface area contributed by atoms with Gasteiger partial charge >= 0.3 is 0 Å². The summed E-state index contributed by atoms with van der Waals surface area (Å²) in [5, 5.41) is 75.9. The van der Waals surface area contributed by atoms with Gasteiger partial charge < -0.3 is 50.5 Å². The van der Waals surface area contributed by atoms with Gasteiger partial charge in [-0.3, -0.25) is 4.79 Å². The first-order valence-corrected chi connectivity index (χ1v) is 29.2. The lowest BCUT2D eigenvalue weighted by Crippen LogP contribution is -2.60. The van der Waals surface area contributed by atoms with Gasteiger partial charge in [0.05, 0.1) is 25.4 Å². The molecule has 0 saturated carbocycles. The van der Waals surface area contributed by atoms with E-state index in [1.165, 1.54) is 193 Å². The van der Waals surface area contributed by atoms with Crippen LogP contribution in [0.2, 0.25) is 0 Å². The predicted molar refractivity (Wildman–Crippen MR) is 284 cm³/mol. The molecule has 1 amide bonds. The molecule has 1 aliphatic heterocycles. The standard InChI is InChI=1S/C58H111NO10/c1-3-5-7-9-11-13-15-17-18-19-20-21-22-23-24-25-26-27-28-29-30-31-32-33-34-36-38-40-42-44-46-51(62)57(67)59-49(48-68-58-56(66)55(65)54(64)52(47-60)69-58)53(63)50(61)45-43-41-39-37-35-16-14-12-10-8-6-4-2/h23-24,37,39,49-56,58,60-66H,3-22,25-36,38,40-48H2,1-2H3,(H,59,67)/b24-23-,39-37+. The largest absolute Gasteiger partial charge is 0.394 e. The number of nitrogens with one attached hydrogen (secondary N) is 1. The molecule has 1 saturated heterocycles. The summed E-state index contributed by atoms with van der Waals surface area (Å²) in [6.45, 7) is 3.44. The molecule has 69 heavy (non-hydrogen) atoms. The first-order valence-electron chi connectivity index (χ1n) is 29.2. The van der Waals surface area contributed by atoms with E-state index in [2.05, 4.69) is 43.5 Å². The third-order valence-corrected chi connectivity index (χ3v) is 14.2. The maximum absolute atomic E-state index is 13.1. The van der Waals surface area contributed by atoms with E-state index in [4.69, 9.17) is 9.47 Å².